The minimum absolute atomic E-state index is 0.0556. The van der Waals surface area contributed by atoms with Crippen molar-refractivity contribution in [1.29, 1.82) is 0 Å². The topological polar surface area (TPSA) is 23.6 Å². The summed E-state index contributed by atoms with van der Waals surface area (Å²) >= 11 is 5.02. The molecule has 0 saturated carbocycles. The van der Waals surface area contributed by atoms with E-state index >= 15 is 0 Å². The van der Waals surface area contributed by atoms with Crippen molar-refractivity contribution in [2.45, 2.75) is 27.7 Å². The van der Waals surface area contributed by atoms with E-state index in [0.29, 0.717) is 13.1 Å². The molecule has 0 unspecified atom stereocenters. The second kappa shape index (κ2) is 5.91. The third-order valence-corrected chi connectivity index (χ3v) is 2.18. The number of nitrogens with zero attached hydrogens (tertiary/aromatic N) is 2. The number of hydrogen-bond acceptors (Lipinski definition) is 2. The van der Waals surface area contributed by atoms with Gasteiger partial charge in [-0.2, -0.15) is 0 Å². The first-order chi connectivity index (χ1) is 6.20. The fourth-order valence-corrected chi connectivity index (χ4v) is 1.52. The third kappa shape index (κ3) is 2.66. The van der Waals surface area contributed by atoms with Crippen LogP contribution in [0, 0.1) is 0 Å². The van der Waals surface area contributed by atoms with Gasteiger partial charge < -0.3 is 4.90 Å². The van der Waals surface area contributed by atoms with Gasteiger partial charge in [0.25, 0.3) is 0 Å². The molecular formula is C9H18N2OS. The van der Waals surface area contributed by atoms with Crippen LogP contribution in [-0.2, 0) is 0 Å². The first-order valence-electron chi connectivity index (χ1n) is 4.80. The maximum Gasteiger partial charge on any atom is 0.325 e. The van der Waals surface area contributed by atoms with E-state index in [1.807, 2.05) is 27.7 Å². The second-order valence-corrected chi connectivity index (χ2v) is 2.91. The van der Waals surface area contributed by atoms with Crippen molar-refractivity contribution in [3.8, 4) is 0 Å². The van der Waals surface area contributed by atoms with Crippen molar-refractivity contribution in [2.75, 3.05) is 19.6 Å². The summed E-state index contributed by atoms with van der Waals surface area (Å²) in [6, 6.07) is 0.0556. The summed E-state index contributed by atoms with van der Waals surface area (Å²) in [4.78, 5) is 15.5. The van der Waals surface area contributed by atoms with Crippen molar-refractivity contribution in [1.82, 2.24) is 9.80 Å². The monoisotopic (exact) mass is 202 g/mol. The molecule has 0 N–H and O–H groups in total. The Labute approximate surface area is 85.7 Å². The maximum absolute atomic E-state index is 11.3. The fraction of sp³-hybridized carbons (Fsp3) is 0.778. The molecule has 1 rings (SSSR count). The van der Waals surface area contributed by atoms with Crippen LogP contribution in [0.2, 0.25) is 0 Å². The summed E-state index contributed by atoms with van der Waals surface area (Å²) in [6.07, 6.45) is 0. The highest BCUT2D eigenvalue weighted by Gasteiger charge is 2.30. The molecular weight excluding hydrogens is 184 g/mol. The van der Waals surface area contributed by atoms with Gasteiger partial charge in [0.05, 0.1) is 6.54 Å². The van der Waals surface area contributed by atoms with Crippen LogP contribution in [0.15, 0.2) is 0 Å². The molecule has 0 aromatic heterocycles. The normalized spacial score (nSPS) is 16.0. The van der Waals surface area contributed by atoms with Crippen LogP contribution in [0.1, 0.15) is 27.7 Å². The molecule has 13 heavy (non-hydrogen) atoms. The van der Waals surface area contributed by atoms with Crippen molar-refractivity contribution >= 4 is 23.2 Å². The Morgan fingerprint density at radius 3 is 2.08 bits per heavy atom. The quantitative estimate of drug-likeness (QED) is 0.640. The summed E-state index contributed by atoms with van der Waals surface area (Å²) in [5, 5.41) is 0. The number of urea groups is 1. The van der Waals surface area contributed by atoms with Crippen LogP contribution in [-0.4, -0.2) is 40.5 Å². The van der Waals surface area contributed by atoms with Gasteiger partial charge in [0.2, 0.25) is 0 Å². The Bertz CT molecular complexity index is 194. The van der Waals surface area contributed by atoms with Gasteiger partial charge in [0.1, 0.15) is 4.99 Å². The lowest BCUT2D eigenvalue weighted by atomic mass is 10.5. The molecule has 1 fully saturated rings. The van der Waals surface area contributed by atoms with Crippen molar-refractivity contribution in [3.05, 3.63) is 0 Å². The minimum Gasteiger partial charge on any atom is -0.318 e. The second-order valence-electron chi connectivity index (χ2n) is 2.43. The standard InChI is InChI=1S/C7H12N2OS.C2H6/c1-3-8-5-6(11)9(4-2)7(8)10;1-2/h3-5H2,1-2H3;1-2H3. The van der Waals surface area contributed by atoms with Gasteiger partial charge in [-0.25, -0.2) is 4.79 Å². The SMILES string of the molecule is CC.CCN1CC(=S)N(CC)C1=O. The Balaban J connectivity index is 0.000000671. The minimum atomic E-state index is 0.0556. The summed E-state index contributed by atoms with van der Waals surface area (Å²) in [7, 11) is 0. The zero-order valence-electron chi connectivity index (χ0n) is 8.83. The Kier molecular flexibility index (Phi) is 5.62. The zero-order chi connectivity index (χ0) is 10.4. The molecule has 0 atom stereocenters. The highest BCUT2D eigenvalue weighted by Crippen LogP contribution is 2.09. The Morgan fingerprint density at radius 1 is 1.31 bits per heavy atom. The molecule has 0 aromatic rings. The van der Waals surface area contributed by atoms with E-state index in [1.165, 1.54) is 0 Å². The zero-order valence-corrected chi connectivity index (χ0v) is 9.65. The number of carbonyl (C=O) groups excluding carboxylic acids is 1. The van der Waals surface area contributed by atoms with E-state index in [4.69, 9.17) is 12.2 Å². The predicted molar refractivity (Wildman–Crippen MR) is 59.0 cm³/mol. The fourth-order valence-electron chi connectivity index (χ4n) is 1.15. The molecule has 1 heterocycles. The van der Waals surface area contributed by atoms with Gasteiger partial charge in [0, 0.05) is 13.1 Å². The molecule has 0 bridgehead atoms. The van der Waals surface area contributed by atoms with Crippen LogP contribution in [0.3, 0.4) is 0 Å². The Hall–Kier alpha value is -0.640. The van der Waals surface area contributed by atoms with Crippen LogP contribution in [0.5, 0.6) is 0 Å². The number of hydrogen-bond donors (Lipinski definition) is 0. The van der Waals surface area contributed by atoms with Crippen molar-refractivity contribution in [3.63, 3.8) is 0 Å². The van der Waals surface area contributed by atoms with Gasteiger partial charge in [-0.05, 0) is 13.8 Å². The number of carbonyl (C=O) groups is 1. The van der Waals surface area contributed by atoms with Crippen LogP contribution < -0.4 is 0 Å². The molecule has 0 radical (unpaired) electrons. The van der Waals surface area contributed by atoms with Crippen LogP contribution in [0.25, 0.3) is 0 Å². The van der Waals surface area contributed by atoms with E-state index in [1.54, 1.807) is 9.80 Å². The summed E-state index contributed by atoms with van der Waals surface area (Å²) in [5.41, 5.74) is 0. The molecule has 4 heteroatoms. The maximum atomic E-state index is 11.3. The van der Waals surface area contributed by atoms with Crippen LogP contribution >= 0.6 is 12.2 Å². The van der Waals surface area contributed by atoms with E-state index in [9.17, 15) is 4.79 Å². The summed E-state index contributed by atoms with van der Waals surface area (Å²) in [5.74, 6) is 0. The molecule has 1 saturated heterocycles. The molecule has 3 nitrogen and oxygen atoms in total. The largest absolute Gasteiger partial charge is 0.325 e. The molecule has 1 aliphatic rings. The van der Waals surface area contributed by atoms with Gasteiger partial charge in [-0.3, -0.25) is 4.90 Å². The Morgan fingerprint density at radius 2 is 1.85 bits per heavy atom. The number of rotatable bonds is 2. The molecule has 1 aliphatic heterocycles. The first-order valence-corrected chi connectivity index (χ1v) is 5.20. The van der Waals surface area contributed by atoms with E-state index in [-0.39, 0.29) is 6.03 Å². The van der Waals surface area contributed by atoms with Crippen LogP contribution in [0.4, 0.5) is 4.79 Å². The third-order valence-electron chi connectivity index (χ3n) is 1.83. The smallest absolute Gasteiger partial charge is 0.318 e. The number of amides is 2. The average Bonchev–Trinajstić information content (AvgIpc) is 2.44. The van der Waals surface area contributed by atoms with Gasteiger partial charge in [0.15, 0.2) is 0 Å². The summed E-state index contributed by atoms with van der Waals surface area (Å²) in [6.45, 7) is 9.95. The van der Waals surface area contributed by atoms with Crippen molar-refractivity contribution in [2.24, 2.45) is 0 Å². The molecule has 0 aliphatic carbocycles. The highest BCUT2D eigenvalue weighted by molar-refractivity contribution is 7.80. The lowest BCUT2D eigenvalue weighted by Crippen LogP contribution is -2.32. The lowest BCUT2D eigenvalue weighted by molar-refractivity contribution is 0.199. The average molecular weight is 202 g/mol. The number of likely N-dealkylation sites (N-methyl/N-ethyl adjacent to an activating group) is 2. The molecule has 0 spiro atoms. The van der Waals surface area contributed by atoms with Gasteiger partial charge >= 0.3 is 6.03 Å². The molecule has 2 amide bonds. The molecule has 0 aromatic carbocycles. The predicted octanol–water partition coefficient (Wildman–Crippen LogP) is 2.12. The van der Waals surface area contributed by atoms with E-state index in [0.717, 1.165) is 11.5 Å². The molecule has 76 valence electrons. The highest BCUT2D eigenvalue weighted by atomic mass is 32.1. The van der Waals surface area contributed by atoms with E-state index < -0.39 is 0 Å². The van der Waals surface area contributed by atoms with Gasteiger partial charge in [-0.1, -0.05) is 26.1 Å². The first kappa shape index (κ1) is 12.4. The number of thiocarbonyl (C=S) groups is 1. The van der Waals surface area contributed by atoms with E-state index in [2.05, 4.69) is 0 Å². The lowest BCUT2D eigenvalue weighted by Gasteiger charge is -2.13. The van der Waals surface area contributed by atoms with Gasteiger partial charge in [-0.15, -0.1) is 0 Å². The summed E-state index contributed by atoms with van der Waals surface area (Å²) < 4.78 is 0. The van der Waals surface area contributed by atoms with Crippen molar-refractivity contribution < 1.29 is 4.79 Å².